The molecule has 0 spiro atoms. The van der Waals surface area contributed by atoms with Crippen molar-refractivity contribution in [3.05, 3.63) is 66.2 Å². The smallest absolute Gasteiger partial charge is 0.0794 e. The van der Waals surface area contributed by atoms with E-state index in [1.54, 1.807) is 6.92 Å². The Hall–Kier alpha value is -2.79. The third-order valence-electron chi connectivity index (χ3n) is 5.75. The van der Waals surface area contributed by atoms with Gasteiger partial charge in [0.15, 0.2) is 0 Å². The highest BCUT2D eigenvalue weighted by Crippen LogP contribution is 2.46. The lowest BCUT2D eigenvalue weighted by Gasteiger charge is -2.26. The first-order valence-electron chi connectivity index (χ1n) is 9.55. The van der Waals surface area contributed by atoms with Crippen molar-refractivity contribution in [3.63, 3.8) is 0 Å². The minimum Gasteiger partial charge on any atom is -0.394 e. The zero-order valence-corrected chi connectivity index (χ0v) is 15.7. The topological polar surface area (TPSA) is 65.4 Å². The minimum absolute atomic E-state index is 0.117. The van der Waals surface area contributed by atoms with Crippen LogP contribution in [0.3, 0.4) is 0 Å². The molecule has 0 bridgehead atoms. The van der Waals surface area contributed by atoms with Crippen molar-refractivity contribution in [2.75, 3.05) is 13.2 Å². The number of aromatic nitrogens is 1. The van der Waals surface area contributed by atoms with E-state index in [-0.39, 0.29) is 13.2 Å². The Balaban J connectivity index is 1.58. The summed E-state index contributed by atoms with van der Waals surface area (Å²) in [6.07, 6.45) is 0. The van der Waals surface area contributed by atoms with Crippen molar-refractivity contribution < 1.29 is 10.2 Å². The van der Waals surface area contributed by atoms with Crippen molar-refractivity contribution in [1.29, 1.82) is 0 Å². The molecule has 0 unspecified atom stereocenters. The first kappa shape index (κ1) is 17.3. The van der Waals surface area contributed by atoms with Gasteiger partial charge in [-0.3, -0.25) is 0 Å². The van der Waals surface area contributed by atoms with Crippen LogP contribution in [-0.2, 0) is 6.54 Å². The van der Waals surface area contributed by atoms with Gasteiger partial charge in [-0.05, 0) is 47.0 Å². The molecule has 3 aromatic carbocycles. The summed E-state index contributed by atoms with van der Waals surface area (Å²) in [6.45, 7) is 2.14. The maximum absolute atomic E-state index is 9.47. The molecule has 0 fully saturated rings. The molecule has 0 amide bonds. The molecule has 28 heavy (non-hydrogen) atoms. The van der Waals surface area contributed by atoms with Crippen molar-refractivity contribution in [2.45, 2.75) is 19.0 Å². The van der Waals surface area contributed by atoms with E-state index in [2.05, 4.69) is 53.8 Å². The number of aliphatic hydroxyl groups excluding tert-OH is 2. The summed E-state index contributed by atoms with van der Waals surface area (Å²) in [5.74, 6) is 0. The largest absolute Gasteiger partial charge is 0.394 e. The molecule has 0 saturated heterocycles. The number of nitrogens with zero attached hydrogens (tertiary/aromatic N) is 1. The monoisotopic (exact) mass is 370 g/mol. The summed E-state index contributed by atoms with van der Waals surface area (Å²) in [6, 6.07) is 21.3. The lowest BCUT2D eigenvalue weighted by Crippen LogP contribution is -2.48. The van der Waals surface area contributed by atoms with Gasteiger partial charge in [0.1, 0.15) is 0 Å². The molecule has 0 aliphatic heterocycles. The molecule has 3 N–H and O–H groups in total. The quantitative estimate of drug-likeness (QED) is 0.439. The summed E-state index contributed by atoms with van der Waals surface area (Å²) < 4.78 is 0. The van der Waals surface area contributed by atoms with E-state index in [4.69, 9.17) is 4.98 Å². The fourth-order valence-electron chi connectivity index (χ4n) is 3.99. The summed E-state index contributed by atoms with van der Waals surface area (Å²) in [5.41, 5.74) is 6.06. The van der Waals surface area contributed by atoms with E-state index >= 15 is 0 Å². The number of hydrogen-bond donors (Lipinski definition) is 3. The Morgan fingerprint density at radius 1 is 0.857 bits per heavy atom. The van der Waals surface area contributed by atoms with Crippen LogP contribution < -0.4 is 5.32 Å². The number of nitrogens with one attached hydrogen (secondary N) is 1. The molecule has 1 aromatic heterocycles. The second-order valence-corrected chi connectivity index (χ2v) is 7.85. The van der Waals surface area contributed by atoms with Gasteiger partial charge >= 0.3 is 0 Å². The highest BCUT2D eigenvalue weighted by molar-refractivity contribution is 6.15. The Morgan fingerprint density at radius 2 is 1.61 bits per heavy atom. The predicted molar refractivity (Wildman–Crippen MR) is 113 cm³/mol. The SMILES string of the molecule is CC(CO)(CO)NCc1ccc2nc3c(cc2c1)-c1cccc2cccc-3c12. The molecule has 4 heteroatoms. The van der Waals surface area contributed by atoms with Crippen LogP contribution in [0.1, 0.15) is 12.5 Å². The second kappa shape index (κ2) is 6.38. The predicted octanol–water partition coefficient (Wildman–Crippen LogP) is 3.87. The molecular weight excluding hydrogens is 348 g/mol. The zero-order chi connectivity index (χ0) is 19.3. The second-order valence-electron chi connectivity index (χ2n) is 7.85. The Bertz CT molecular complexity index is 1210. The summed E-state index contributed by atoms with van der Waals surface area (Å²) in [4.78, 5) is 4.98. The minimum atomic E-state index is -0.692. The average molecular weight is 370 g/mol. The lowest BCUT2D eigenvalue weighted by molar-refractivity contribution is 0.103. The number of aliphatic hydroxyl groups is 2. The van der Waals surface area contributed by atoms with Gasteiger partial charge in [-0.25, -0.2) is 4.98 Å². The van der Waals surface area contributed by atoms with Gasteiger partial charge in [0, 0.05) is 23.1 Å². The standard InChI is InChI=1S/C24H22N2O2/c1-24(13-27,14-28)25-12-15-8-9-21-17(10-15)11-20-18-6-2-4-16-5-3-7-19(22(16)18)23(20)26-21/h2-11,25,27-28H,12-14H2,1H3. The van der Waals surface area contributed by atoms with E-state index in [1.807, 2.05) is 12.1 Å². The molecule has 1 heterocycles. The molecule has 140 valence electrons. The molecule has 1 aliphatic carbocycles. The zero-order valence-electron chi connectivity index (χ0n) is 15.7. The molecule has 0 saturated carbocycles. The van der Waals surface area contributed by atoms with E-state index < -0.39 is 5.54 Å². The van der Waals surface area contributed by atoms with Crippen LogP contribution in [0.4, 0.5) is 0 Å². The third kappa shape index (κ3) is 2.61. The van der Waals surface area contributed by atoms with Gasteiger partial charge in [-0.15, -0.1) is 0 Å². The Morgan fingerprint density at radius 3 is 2.36 bits per heavy atom. The van der Waals surface area contributed by atoms with Gasteiger partial charge in [-0.2, -0.15) is 0 Å². The summed E-state index contributed by atoms with van der Waals surface area (Å²) in [5, 5.41) is 25.8. The molecule has 4 nitrogen and oxygen atoms in total. The maximum atomic E-state index is 9.47. The Kier molecular flexibility index (Phi) is 3.95. The van der Waals surface area contributed by atoms with Crippen LogP contribution >= 0.6 is 0 Å². The van der Waals surface area contributed by atoms with Gasteiger partial charge in [0.05, 0.1) is 30.0 Å². The van der Waals surface area contributed by atoms with Crippen LogP contribution in [0.5, 0.6) is 0 Å². The molecular formula is C24H22N2O2. The molecule has 0 atom stereocenters. The van der Waals surface area contributed by atoms with E-state index in [0.717, 1.165) is 22.2 Å². The fourth-order valence-corrected chi connectivity index (χ4v) is 3.99. The highest BCUT2D eigenvalue weighted by atomic mass is 16.3. The van der Waals surface area contributed by atoms with Crippen LogP contribution in [0.15, 0.2) is 60.7 Å². The highest BCUT2D eigenvalue weighted by Gasteiger charge is 2.23. The average Bonchev–Trinajstić information content (AvgIpc) is 3.05. The summed E-state index contributed by atoms with van der Waals surface area (Å²) >= 11 is 0. The number of hydrogen-bond acceptors (Lipinski definition) is 4. The summed E-state index contributed by atoms with van der Waals surface area (Å²) in [7, 11) is 0. The van der Waals surface area contributed by atoms with E-state index in [0.29, 0.717) is 6.54 Å². The van der Waals surface area contributed by atoms with Crippen molar-refractivity contribution >= 4 is 21.7 Å². The molecule has 1 aliphatic rings. The molecule has 5 rings (SSSR count). The van der Waals surface area contributed by atoms with Crippen LogP contribution in [0, 0.1) is 0 Å². The lowest BCUT2D eigenvalue weighted by atomic mass is 10.0. The van der Waals surface area contributed by atoms with E-state index in [1.165, 1.54) is 27.5 Å². The van der Waals surface area contributed by atoms with Gasteiger partial charge < -0.3 is 15.5 Å². The van der Waals surface area contributed by atoms with Crippen LogP contribution in [-0.4, -0.2) is 33.9 Å². The number of benzene rings is 3. The first-order valence-corrected chi connectivity index (χ1v) is 9.55. The third-order valence-corrected chi connectivity index (χ3v) is 5.75. The maximum Gasteiger partial charge on any atom is 0.0794 e. The number of pyridine rings is 1. The van der Waals surface area contributed by atoms with Crippen LogP contribution in [0.25, 0.3) is 44.1 Å². The molecule has 0 radical (unpaired) electrons. The van der Waals surface area contributed by atoms with Gasteiger partial charge in [-0.1, -0.05) is 42.5 Å². The van der Waals surface area contributed by atoms with E-state index in [9.17, 15) is 10.2 Å². The van der Waals surface area contributed by atoms with Gasteiger partial charge in [0.25, 0.3) is 0 Å². The normalized spacial score (nSPS) is 12.7. The molecule has 4 aromatic rings. The van der Waals surface area contributed by atoms with Crippen LogP contribution in [0.2, 0.25) is 0 Å². The number of rotatable bonds is 5. The van der Waals surface area contributed by atoms with Crippen molar-refractivity contribution in [3.8, 4) is 22.4 Å². The Labute approximate surface area is 163 Å². The first-order chi connectivity index (χ1) is 13.6. The van der Waals surface area contributed by atoms with Crippen molar-refractivity contribution in [2.24, 2.45) is 0 Å². The van der Waals surface area contributed by atoms with Crippen molar-refractivity contribution in [1.82, 2.24) is 10.3 Å². The number of fused-ring (bicyclic) bond motifs is 4. The fraction of sp³-hybridized carbons (Fsp3) is 0.208. The van der Waals surface area contributed by atoms with Gasteiger partial charge in [0.2, 0.25) is 0 Å².